The van der Waals surface area contributed by atoms with E-state index in [9.17, 15) is 4.79 Å². The third-order valence-corrected chi connectivity index (χ3v) is 2.46. The Bertz CT molecular complexity index is 309. The number of hydrogen-bond acceptors (Lipinski definition) is 3. The molecule has 0 aromatic carbocycles. The summed E-state index contributed by atoms with van der Waals surface area (Å²) in [7, 11) is 0. The summed E-state index contributed by atoms with van der Waals surface area (Å²) in [5.74, 6) is 1.87. The van der Waals surface area contributed by atoms with Crippen molar-refractivity contribution in [3.05, 3.63) is 21.9 Å². The fourth-order valence-corrected chi connectivity index (χ4v) is 1.88. The standard InChI is InChI=1S/C7H5NOS/c9-4-6-5-1-2-10-7(5)3-8-6/h1-2,8H,3H2. The van der Waals surface area contributed by atoms with Crippen LogP contribution in [0.2, 0.25) is 0 Å². The van der Waals surface area contributed by atoms with Crippen LogP contribution >= 0.6 is 11.3 Å². The molecular weight excluding hydrogens is 146 g/mol. The van der Waals surface area contributed by atoms with Gasteiger partial charge in [-0.1, -0.05) is 0 Å². The van der Waals surface area contributed by atoms with Crippen molar-refractivity contribution < 1.29 is 4.79 Å². The first-order valence-corrected chi connectivity index (χ1v) is 3.85. The lowest BCUT2D eigenvalue weighted by Crippen LogP contribution is -2.00. The van der Waals surface area contributed by atoms with E-state index < -0.39 is 0 Å². The zero-order chi connectivity index (χ0) is 6.97. The smallest absolute Gasteiger partial charge is 0.150 e. The van der Waals surface area contributed by atoms with Gasteiger partial charge in [-0.2, -0.15) is 0 Å². The molecule has 2 nitrogen and oxygen atoms in total. The van der Waals surface area contributed by atoms with Crippen LogP contribution in [0.4, 0.5) is 0 Å². The lowest BCUT2D eigenvalue weighted by atomic mass is 10.2. The summed E-state index contributed by atoms with van der Waals surface area (Å²) in [5, 5.41) is 4.94. The van der Waals surface area contributed by atoms with Crippen LogP contribution in [0.1, 0.15) is 10.4 Å². The van der Waals surface area contributed by atoms with Gasteiger partial charge in [0.05, 0.1) is 6.54 Å². The maximum absolute atomic E-state index is 10.2. The molecule has 0 fully saturated rings. The first-order valence-electron chi connectivity index (χ1n) is 2.97. The second-order valence-electron chi connectivity index (χ2n) is 2.09. The van der Waals surface area contributed by atoms with Gasteiger partial charge in [0.2, 0.25) is 0 Å². The van der Waals surface area contributed by atoms with E-state index in [2.05, 4.69) is 5.32 Å². The average molecular weight is 151 g/mol. The summed E-state index contributed by atoms with van der Waals surface area (Å²) in [6.45, 7) is 0.789. The Morgan fingerprint density at radius 2 is 2.60 bits per heavy atom. The highest BCUT2D eigenvalue weighted by atomic mass is 32.1. The van der Waals surface area contributed by atoms with E-state index in [-0.39, 0.29) is 0 Å². The predicted molar refractivity (Wildman–Crippen MR) is 40.3 cm³/mol. The topological polar surface area (TPSA) is 29.1 Å². The molecule has 1 aliphatic heterocycles. The van der Waals surface area contributed by atoms with Gasteiger partial charge < -0.3 is 5.32 Å². The van der Waals surface area contributed by atoms with Gasteiger partial charge in [0.15, 0.2) is 5.94 Å². The first-order chi connectivity index (χ1) is 4.92. The molecule has 50 valence electrons. The minimum atomic E-state index is 0.608. The van der Waals surface area contributed by atoms with Crippen LogP contribution in [0.25, 0.3) is 5.70 Å². The molecular formula is C7H5NOS. The van der Waals surface area contributed by atoms with E-state index in [0.717, 1.165) is 12.1 Å². The SMILES string of the molecule is O=C=C1NCc2sccc21. The van der Waals surface area contributed by atoms with Crippen LogP contribution in [0.5, 0.6) is 0 Å². The van der Waals surface area contributed by atoms with E-state index in [4.69, 9.17) is 0 Å². The molecule has 1 aliphatic rings. The Hall–Kier alpha value is -1.05. The summed E-state index contributed by atoms with van der Waals surface area (Å²) in [6.07, 6.45) is 0. The van der Waals surface area contributed by atoms with Crippen LogP contribution < -0.4 is 5.32 Å². The van der Waals surface area contributed by atoms with Crippen LogP contribution in [-0.4, -0.2) is 5.94 Å². The Morgan fingerprint density at radius 3 is 3.40 bits per heavy atom. The van der Waals surface area contributed by atoms with E-state index in [1.54, 1.807) is 11.3 Å². The van der Waals surface area contributed by atoms with E-state index >= 15 is 0 Å². The van der Waals surface area contributed by atoms with E-state index in [1.807, 2.05) is 17.4 Å². The number of hydrogen-bond donors (Lipinski definition) is 1. The number of fused-ring (bicyclic) bond motifs is 1. The second-order valence-corrected chi connectivity index (χ2v) is 3.09. The fourth-order valence-electron chi connectivity index (χ4n) is 1.06. The van der Waals surface area contributed by atoms with Gasteiger partial charge in [0.1, 0.15) is 5.70 Å². The quantitative estimate of drug-likeness (QED) is 0.561. The highest BCUT2D eigenvalue weighted by Crippen LogP contribution is 2.26. The molecule has 0 saturated carbocycles. The van der Waals surface area contributed by atoms with E-state index in [1.165, 1.54) is 4.88 Å². The minimum absolute atomic E-state index is 0.608. The largest absolute Gasteiger partial charge is 0.371 e. The van der Waals surface area contributed by atoms with Crippen molar-refractivity contribution in [2.24, 2.45) is 0 Å². The van der Waals surface area contributed by atoms with Crippen molar-refractivity contribution >= 4 is 23.0 Å². The molecule has 1 aromatic rings. The third kappa shape index (κ3) is 0.618. The van der Waals surface area contributed by atoms with Gasteiger partial charge in [0.25, 0.3) is 0 Å². The van der Waals surface area contributed by atoms with Crippen molar-refractivity contribution in [2.45, 2.75) is 6.54 Å². The predicted octanol–water partition coefficient (Wildman–Crippen LogP) is 1.02. The Kier molecular flexibility index (Phi) is 1.13. The number of rotatable bonds is 0. The minimum Gasteiger partial charge on any atom is -0.371 e. The Labute approximate surface area is 62.2 Å². The maximum atomic E-state index is 10.2. The molecule has 1 aromatic heterocycles. The summed E-state index contributed by atoms with van der Waals surface area (Å²) in [4.78, 5) is 11.5. The molecule has 0 unspecified atom stereocenters. The highest BCUT2D eigenvalue weighted by molar-refractivity contribution is 7.10. The monoisotopic (exact) mass is 151 g/mol. The van der Waals surface area contributed by atoms with Crippen molar-refractivity contribution in [2.75, 3.05) is 0 Å². The van der Waals surface area contributed by atoms with Crippen molar-refractivity contribution in [3.8, 4) is 0 Å². The zero-order valence-electron chi connectivity index (χ0n) is 5.18. The molecule has 0 radical (unpaired) electrons. The molecule has 0 atom stereocenters. The number of thiophene rings is 1. The van der Waals surface area contributed by atoms with Crippen molar-refractivity contribution in [3.63, 3.8) is 0 Å². The molecule has 2 rings (SSSR count). The summed E-state index contributed by atoms with van der Waals surface area (Å²) >= 11 is 1.67. The van der Waals surface area contributed by atoms with Gasteiger partial charge in [-0.25, -0.2) is 4.79 Å². The normalized spacial score (nSPS) is 14.2. The van der Waals surface area contributed by atoms with Crippen LogP contribution in [0, 0.1) is 0 Å². The van der Waals surface area contributed by atoms with Gasteiger partial charge in [-0.05, 0) is 11.4 Å². The summed E-state index contributed by atoms with van der Waals surface area (Å²) in [5.41, 5.74) is 1.64. The fraction of sp³-hybridized carbons (Fsp3) is 0.143. The maximum Gasteiger partial charge on any atom is 0.150 e. The van der Waals surface area contributed by atoms with Gasteiger partial charge in [0, 0.05) is 10.4 Å². The lowest BCUT2D eigenvalue weighted by molar-refractivity contribution is 0.568. The number of nitrogens with one attached hydrogen (secondary N) is 1. The van der Waals surface area contributed by atoms with E-state index in [0.29, 0.717) is 5.70 Å². The molecule has 2 heterocycles. The van der Waals surface area contributed by atoms with Crippen molar-refractivity contribution in [1.82, 2.24) is 5.32 Å². The summed E-state index contributed by atoms with van der Waals surface area (Å²) in [6, 6.07) is 1.94. The molecule has 0 amide bonds. The van der Waals surface area contributed by atoms with Crippen molar-refractivity contribution in [1.29, 1.82) is 0 Å². The Balaban J connectivity index is 2.63. The van der Waals surface area contributed by atoms with Crippen LogP contribution in [0.3, 0.4) is 0 Å². The average Bonchev–Trinajstić information content (AvgIpc) is 2.44. The first kappa shape index (κ1) is 5.71. The van der Waals surface area contributed by atoms with Crippen LogP contribution in [0.15, 0.2) is 11.4 Å². The molecule has 0 saturated heterocycles. The molecule has 0 bridgehead atoms. The lowest BCUT2D eigenvalue weighted by Gasteiger charge is -1.88. The van der Waals surface area contributed by atoms with Crippen LogP contribution in [-0.2, 0) is 11.3 Å². The van der Waals surface area contributed by atoms with Gasteiger partial charge >= 0.3 is 0 Å². The van der Waals surface area contributed by atoms with Gasteiger partial charge in [-0.3, -0.25) is 0 Å². The second kappa shape index (κ2) is 1.97. The molecule has 10 heavy (non-hydrogen) atoms. The van der Waals surface area contributed by atoms with Gasteiger partial charge in [-0.15, -0.1) is 11.3 Å². The Morgan fingerprint density at radius 1 is 1.70 bits per heavy atom. The summed E-state index contributed by atoms with van der Waals surface area (Å²) < 4.78 is 0. The molecule has 1 N–H and O–H groups in total. The highest BCUT2D eigenvalue weighted by Gasteiger charge is 2.16. The molecule has 0 aliphatic carbocycles. The molecule has 0 spiro atoms. The number of carbonyl (C=O) groups excluding carboxylic acids is 1. The zero-order valence-corrected chi connectivity index (χ0v) is 5.99. The molecule has 3 heteroatoms. The third-order valence-electron chi connectivity index (χ3n) is 1.54.